The molecule has 1 heterocycles. The lowest BCUT2D eigenvalue weighted by Gasteiger charge is -2.11. The summed E-state index contributed by atoms with van der Waals surface area (Å²) in [6, 6.07) is 25.9. The Kier molecular flexibility index (Phi) is 6.14. The minimum absolute atomic E-state index is 0.0790. The minimum atomic E-state index is -0.0790. The zero-order valence-corrected chi connectivity index (χ0v) is 16.9. The second-order valence-electron chi connectivity index (χ2n) is 6.34. The first-order chi connectivity index (χ1) is 13.8. The molecule has 3 aromatic carbocycles. The van der Waals surface area contributed by atoms with Gasteiger partial charge in [-0.25, -0.2) is 0 Å². The number of carbonyl (C=O) groups excluding carboxylic acids is 1. The molecule has 0 aromatic heterocycles. The molecule has 1 aliphatic heterocycles. The number of thioether (sulfide) groups is 2. The number of aliphatic imine (C=N–C) groups is 1. The summed E-state index contributed by atoms with van der Waals surface area (Å²) in [5, 5.41) is 3.02. The van der Waals surface area contributed by atoms with Gasteiger partial charge < -0.3 is 5.32 Å². The molecule has 0 saturated heterocycles. The molecule has 0 atom stereocenters. The predicted octanol–water partition coefficient (Wildman–Crippen LogP) is 5.94. The molecule has 1 amide bonds. The molecule has 0 spiro atoms. The smallest absolute Gasteiger partial charge is 0.255 e. The summed E-state index contributed by atoms with van der Waals surface area (Å²) >= 11 is 3.50. The summed E-state index contributed by atoms with van der Waals surface area (Å²) < 4.78 is 1.12. The number of rotatable bonds is 5. The maximum atomic E-state index is 12.8. The molecule has 0 saturated carbocycles. The van der Waals surface area contributed by atoms with Gasteiger partial charge >= 0.3 is 0 Å². The maximum absolute atomic E-state index is 12.8. The summed E-state index contributed by atoms with van der Waals surface area (Å²) in [6.45, 7) is 0.897. The van der Waals surface area contributed by atoms with Crippen LogP contribution < -0.4 is 5.32 Å². The van der Waals surface area contributed by atoms with Crippen molar-refractivity contribution in [2.24, 2.45) is 4.99 Å². The Balaban J connectivity index is 1.45. The second-order valence-corrected chi connectivity index (χ2v) is 8.65. The lowest BCUT2D eigenvalue weighted by Crippen LogP contribution is -2.14. The van der Waals surface area contributed by atoms with Crippen LogP contribution in [0.25, 0.3) is 11.1 Å². The largest absolute Gasteiger partial charge is 0.322 e. The highest BCUT2D eigenvalue weighted by Gasteiger charge is 2.14. The second kappa shape index (κ2) is 9.13. The number of carbonyl (C=O) groups is 1. The molecule has 0 aliphatic carbocycles. The Labute approximate surface area is 173 Å². The molecular weight excluding hydrogens is 384 g/mol. The van der Waals surface area contributed by atoms with Gasteiger partial charge in [0, 0.05) is 22.8 Å². The van der Waals surface area contributed by atoms with Crippen molar-refractivity contribution in [2.45, 2.75) is 5.75 Å². The molecule has 1 aliphatic rings. The van der Waals surface area contributed by atoms with Crippen LogP contribution in [-0.2, 0) is 5.75 Å². The van der Waals surface area contributed by atoms with Gasteiger partial charge in [-0.15, -0.1) is 0 Å². The Hall–Kier alpha value is -2.50. The minimum Gasteiger partial charge on any atom is -0.322 e. The van der Waals surface area contributed by atoms with Gasteiger partial charge in [-0.1, -0.05) is 84.2 Å². The van der Waals surface area contributed by atoms with E-state index in [1.165, 1.54) is 0 Å². The standard InChI is InChI=1S/C23H20N2OS2/c26-22(21-9-5-4-8-19(21)16-28-23-24-14-15-27-23)25-20-12-10-18(11-13-20)17-6-2-1-3-7-17/h1-13H,14-16H2,(H,25,26). The zero-order chi connectivity index (χ0) is 19.2. The van der Waals surface area contributed by atoms with E-state index in [0.29, 0.717) is 5.56 Å². The van der Waals surface area contributed by atoms with E-state index >= 15 is 0 Å². The van der Waals surface area contributed by atoms with Gasteiger partial charge in [-0.05, 0) is 34.9 Å². The van der Waals surface area contributed by atoms with E-state index in [1.54, 1.807) is 23.5 Å². The molecule has 0 bridgehead atoms. The molecule has 0 fully saturated rings. The maximum Gasteiger partial charge on any atom is 0.255 e. The zero-order valence-electron chi connectivity index (χ0n) is 15.3. The van der Waals surface area contributed by atoms with E-state index in [4.69, 9.17) is 0 Å². The van der Waals surface area contributed by atoms with Crippen molar-refractivity contribution in [1.29, 1.82) is 0 Å². The van der Waals surface area contributed by atoms with Crippen molar-refractivity contribution in [1.82, 2.24) is 0 Å². The van der Waals surface area contributed by atoms with E-state index in [-0.39, 0.29) is 5.91 Å². The van der Waals surface area contributed by atoms with Crippen LogP contribution >= 0.6 is 23.5 Å². The van der Waals surface area contributed by atoms with Crippen LogP contribution in [-0.4, -0.2) is 22.6 Å². The van der Waals surface area contributed by atoms with Gasteiger partial charge in [0.15, 0.2) is 0 Å². The molecule has 0 radical (unpaired) electrons. The van der Waals surface area contributed by atoms with E-state index in [1.807, 2.05) is 66.7 Å². The van der Waals surface area contributed by atoms with Crippen LogP contribution in [0.2, 0.25) is 0 Å². The summed E-state index contributed by atoms with van der Waals surface area (Å²) in [7, 11) is 0. The highest BCUT2D eigenvalue weighted by atomic mass is 32.2. The molecule has 3 aromatic rings. The number of hydrogen-bond acceptors (Lipinski definition) is 4. The third kappa shape index (κ3) is 4.66. The Bertz CT molecular complexity index is 985. The van der Waals surface area contributed by atoms with Crippen molar-refractivity contribution in [3.05, 3.63) is 90.0 Å². The third-order valence-corrected chi connectivity index (χ3v) is 6.72. The highest BCUT2D eigenvalue weighted by Crippen LogP contribution is 2.27. The van der Waals surface area contributed by atoms with E-state index in [9.17, 15) is 4.79 Å². The normalized spacial score (nSPS) is 13.2. The molecule has 5 heteroatoms. The average Bonchev–Trinajstić information content (AvgIpc) is 3.27. The fourth-order valence-corrected chi connectivity index (χ4v) is 5.00. The van der Waals surface area contributed by atoms with E-state index in [0.717, 1.165) is 44.8 Å². The van der Waals surface area contributed by atoms with Gasteiger partial charge in [0.25, 0.3) is 5.91 Å². The van der Waals surface area contributed by atoms with E-state index < -0.39 is 0 Å². The topological polar surface area (TPSA) is 41.5 Å². The first kappa shape index (κ1) is 18.8. The van der Waals surface area contributed by atoms with Crippen LogP contribution in [0.1, 0.15) is 15.9 Å². The van der Waals surface area contributed by atoms with Crippen molar-refractivity contribution in [2.75, 3.05) is 17.6 Å². The first-order valence-electron chi connectivity index (χ1n) is 9.14. The van der Waals surface area contributed by atoms with Crippen molar-refractivity contribution < 1.29 is 4.79 Å². The number of anilines is 1. The SMILES string of the molecule is O=C(Nc1ccc(-c2ccccc2)cc1)c1ccccc1CSC1=NCCS1. The Morgan fingerprint density at radius 1 is 0.929 bits per heavy atom. The molecule has 4 rings (SSSR count). The Morgan fingerprint density at radius 2 is 1.64 bits per heavy atom. The number of hydrogen-bond donors (Lipinski definition) is 1. The van der Waals surface area contributed by atoms with Gasteiger partial charge in [0.2, 0.25) is 0 Å². The van der Waals surface area contributed by atoms with E-state index in [2.05, 4.69) is 22.4 Å². The number of nitrogens with zero attached hydrogens (tertiary/aromatic N) is 1. The van der Waals surface area contributed by atoms with Crippen molar-refractivity contribution in [3.8, 4) is 11.1 Å². The molecule has 3 nitrogen and oxygen atoms in total. The molecule has 28 heavy (non-hydrogen) atoms. The summed E-state index contributed by atoms with van der Waals surface area (Å²) in [5.41, 5.74) is 4.83. The predicted molar refractivity (Wildman–Crippen MR) is 122 cm³/mol. The fraction of sp³-hybridized carbons (Fsp3) is 0.130. The molecule has 0 unspecified atom stereocenters. The third-order valence-electron chi connectivity index (χ3n) is 4.42. The summed E-state index contributed by atoms with van der Waals surface area (Å²) in [6.07, 6.45) is 0. The number of amides is 1. The molecule has 1 N–H and O–H groups in total. The quantitative estimate of drug-likeness (QED) is 0.572. The van der Waals surface area contributed by atoms with Gasteiger partial charge in [-0.2, -0.15) is 0 Å². The van der Waals surface area contributed by atoms with Gasteiger partial charge in [0.05, 0.1) is 6.54 Å². The van der Waals surface area contributed by atoms with Crippen LogP contribution in [0.3, 0.4) is 0 Å². The lowest BCUT2D eigenvalue weighted by molar-refractivity contribution is 0.102. The van der Waals surface area contributed by atoms with Crippen LogP contribution in [0.4, 0.5) is 5.69 Å². The van der Waals surface area contributed by atoms with Crippen molar-refractivity contribution >= 4 is 39.5 Å². The summed E-state index contributed by atoms with van der Waals surface area (Å²) in [5.74, 6) is 1.73. The fourth-order valence-electron chi connectivity index (χ4n) is 2.99. The number of benzene rings is 3. The number of nitrogens with one attached hydrogen (secondary N) is 1. The molecular formula is C23H20N2OS2. The van der Waals surface area contributed by atoms with Crippen molar-refractivity contribution in [3.63, 3.8) is 0 Å². The highest BCUT2D eigenvalue weighted by molar-refractivity contribution is 8.38. The van der Waals surface area contributed by atoms with Gasteiger partial charge in [-0.3, -0.25) is 9.79 Å². The Morgan fingerprint density at radius 3 is 2.39 bits per heavy atom. The van der Waals surface area contributed by atoms with Crippen LogP contribution in [0.5, 0.6) is 0 Å². The lowest BCUT2D eigenvalue weighted by atomic mass is 10.1. The summed E-state index contributed by atoms with van der Waals surface area (Å²) in [4.78, 5) is 17.3. The van der Waals surface area contributed by atoms with Crippen LogP contribution in [0, 0.1) is 0 Å². The first-order valence-corrected chi connectivity index (χ1v) is 11.1. The monoisotopic (exact) mass is 404 g/mol. The average molecular weight is 405 g/mol. The molecule has 140 valence electrons. The van der Waals surface area contributed by atoms with Crippen LogP contribution in [0.15, 0.2) is 83.9 Å². The van der Waals surface area contributed by atoms with Gasteiger partial charge in [0.1, 0.15) is 4.38 Å².